The van der Waals surface area contributed by atoms with E-state index in [-0.39, 0.29) is 6.54 Å². The van der Waals surface area contributed by atoms with Crippen LogP contribution in [-0.2, 0) is 21.2 Å². The zero-order valence-corrected chi connectivity index (χ0v) is 17.7. The zero-order chi connectivity index (χ0) is 21.4. The Morgan fingerprint density at radius 2 is 1.90 bits per heavy atom. The molecule has 0 unspecified atom stereocenters. The number of nitrogens with zero attached hydrogens (tertiary/aromatic N) is 2. The van der Waals surface area contributed by atoms with E-state index >= 15 is 0 Å². The normalized spacial score (nSPS) is 11.3. The third kappa shape index (κ3) is 5.95. The number of amides is 1. The first-order valence-electron chi connectivity index (χ1n) is 8.89. The van der Waals surface area contributed by atoms with Crippen molar-refractivity contribution in [3.8, 4) is 11.5 Å². The largest absolute Gasteiger partial charge is 0.497 e. The molecule has 29 heavy (non-hydrogen) atoms. The number of ether oxygens (including phenoxy) is 2. The fraction of sp³-hybridized carbons (Fsp3) is 0.300. The number of hydrogen-bond acceptors (Lipinski definition) is 6. The molecule has 0 aliphatic carbocycles. The highest BCUT2D eigenvalue weighted by molar-refractivity contribution is 7.92. The van der Waals surface area contributed by atoms with Crippen LogP contribution in [0, 0.1) is 0 Å². The Hall–Kier alpha value is -3.07. The van der Waals surface area contributed by atoms with Crippen molar-refractivity contribution >= 4 is 27.8 Å². The quantitative estimate of drug-likeness (QED) is 0.496. The summed E-state index contributed by atoms with van der Waals surface area (Å²) in [5, 5.41) is 3.92. The van der Waals surface area contributed by atoms with Gasteiger partial charge in [0, 0.05) is 5.56 Å². The van der Waals surface area contributed by atoms with Gasteiger partial charge < -0.3 is 9.47 Å². The van der Waals surface area contributed by atoms with Gasteiger partial charge in [0.15, 0.2) is 0 Å². The van der Waals surface area contributed by atoms with Crippen molar-refractivity contribution in [2.45, 2.75) is 13.3 Å². The smallest absolute Gasteiger partial charge is 0.260 e. The number of carbonyl (C=O) groups excluding carboxylic acids is 1. The first kappa shape index (κ1) is 22.2. The van der Waals surface area contributed by atoms with Crippen LogP contribution in [0.25, 0.3) is 0 Å². The van der Waals surface area contributed by atoms with Gasteiger partial charge >= 0.3 is 0 Å². The fourth-order valence-corrected chi connectivity index (χ4v) is 3.60. The maximum Gasteiger partial charge on any atom is 0.260 e. The number of aryl methyl sites for hydroxylation is 1. The number of carbonyl (C=O) groups is 1. The van der Waals surface area contributed by atoms with E-state index < -0.39 is 15.9 Å². The summed E-state index contributed by atoms with van der Waals surface area (Å²) in [5.74, 6) is 0.593. The van der Waals surface area contributed by atoms with Crippen molar-refractivity contribution in [2.75, 3.05) is 31.3 Å². The van der Waals surface area contributed by atoms with Crippen molar-refractivity contribution in [3.63, 3.8) is 0 Å². The Morgan fingerprint density at radius 1 is 1.17 bits per heavy atom. The van der Waals surface area contributed by atoms with E-state index in [1.807, 2.05) is 19.1 Å². The number of hydrogen-bond donors (Lipinski definition) is 1. The second-order valence-corrected chi connectivity index (χ2v) is 8.06. The standard InChI is InChI=1S/C20H25N3O5S/c1-5-15-8-6-7-9-18(15)23(29(4,25)26)14-20(24)22-21-13-16-12-17(27-2)10-11-19(16)28-3/h6-13H,5,14H2,1-4H3,(H,22,24)/b21-13-. The minimum absolute atomic E-state index is 0.386. The topological polar surface area (TPSA) is 97.3 Å². The van der Waals surface area contributed by atoms with Crippen molar-refractivity contribution in [3.05, 3.63) is 53.6 Å². The van der Waals surface area contributed by atoms with E-state index in [1.165, 1.54) is 13.3 Å². The number of methoxy groups -OCH3 is 2. The molecule has 8 nitrogen and oxygen atoms in total. The van der Waals surface area contributed by atoms with Gasteiger partial charge in [0.2, 0.25) is 10.0 Å². The van der Waals surface area contributed by atoms with Crippen LogP contribution in [0.5, 0.6) is 11.5 Å². The average Bonchev–Trinajstić information content (AvgIpc) is 2.71. The molecule has 0 radical (unpaired) electrons. The molecule has 0 fully saturated rings. The molecule has 1 N–H and O–H groups in total. The Labute approximate surface area is 171 Å². The Morgan fingerprint density at radius 3 is 2.52 bits per heavy atom. The molecule has 1 amide bonds. The van der Waals surface area contributed by atoms with E-state index in [2.05, 4.69) is 10.5 Å². The van der Waals surface area contributed by atoms with Gasteiger partial charge in [0.1, 0.15) is 18.0 Å². The molecule has 156 valence electrons. The van der Waals surface area contributed by atoms with Crippen LogP contribution in [0.4, 0.5) is 5.69 Å². The van der Waals surface area contributed by atoms with Gasteiger partial charge in [-0.25, -0.2) is 13.8 Å². The second-order valence-electron chi connectivity index (χ2n) is 6.15. The summed E-state index contributed by atoms with van der Waals surface area (Å²) < 4.78 is 36.0. The predicted molar refractivity (Wildman–Crippen MR) is 113 cm³/mol. The first-order valence-corrected chi connectivity index (χ1v) is 10.7. The monoisotopic (exact) mass is 419 g/mol. The minimum atomic E-state index is -3.66. The van der Waals surface area contributed by atoms with E-state index in [0.717, 1.165) is 16.1 Å². The maximum absolute atomic E-state index is 12.4. The number of rotatable bonds is 9. The summed E-state index contributed by atoms with van der Waals surface area (Å²) in [6, 6.07) is 12.2. The lowest BCUT2D eigenvalue weighted by Gasteiger charge is -2.23. The molecular formula is C20H25N3O5S. The fourth-order valence-electron chi connectivity index (χ4n) is 2.71. The molecule has 0 atom stereocenters. The van der Waals surface area contributed by atoms with E-state index in [0.29, 0.717) is 29.2 Å². The van der Waals surface area contributed by atoms with Gasteiger partial charge in [0.05, 0.1) is 32.4 Å². The number of para-hydroxylation sites is 1. The number of benzene rings is 2. The Kier molecular flexibility index (Phi) is 7.60. The van der Waals surface area contributed by atoms with Crippen molar-refractivity contribution in [2.24, 2.45) is 5.10 Å². The first-order chi connectivity index (χ1) is 13.8. The molecule has 0 saturated heterocycles. The molecule has 2 aromatic rings. The number of anilines is 1. The second kappa shape index (κ2) is 9.92. The highest BCUT2D eigenvalue weighted by atomic mass is 32.2. The van der Waals surface area contributed by atoms with Gasteiger partial charge in [-0.2, -0.15) is 5.10 Å². The minimum Gasteiger partial charge on any atom is -0.497 e. The van der Waals surface area contributed by atoms with Crippen LogP contribution in [0.1, 0.15) is 18.1 Å². The van der Waals surface area contributed by atoms with Gasteiger partial charge in [0.25, 0.3) is 5.91 Å². The summed E-state index contributed by atoms with van der Waals surface area (Å²) >= 11 is 0. The lowest BCUT2D eigenvalue weighted by atomic mass is 10.1. The van der Waals surface area contributed by atoms with E-state index in [9.17, 15) is 13.2 Å². The summed E-state index contributed by atoms with van der Waals surface area (Å²) in [5.41, 5.74) is 4.27. The third-order valence-corrected chi connectivity index (χ3v) is 5.28. The van der Waals surface area contributed by atoms with Crippen LogP contribution in [-0.4, -0.2) is 47.6 Å². The SMILES string of the molecule is CCc1ccccc1N(CC(=O)N/N=C\c1cc(OC)ccc1OC)S(C)(=O)=O. The van der Waals surface area contributed by atoms with E-state index in [4.69, 9.17) is 9.47 Å². The van der Waals surface area contributed by atoms with Crippen LogP contribution in [0.15, 0.2) is 47.6 Å². The van der Waals surface area contributed by atoms with Crippen LogP contribution >= 0.6 is 0 Å². The molecule has 0 aliphatic rings. The van der Waals surface area contributed by atoms with Crippen molar-refractivity contribution in [1.82, 2.24) is 5.43 Å². The predicted octanol–water partition coefficient (Wildman–Crippen LogP) is 2.18. The third-order valence-electron chi connectivity index (χ3n) is 4.16. The lowest BCUT2D eigenvalue weighted by Crippen LogP contribution is -2.39. The number of sulfonamides is 1. The Balaban J connectivity index is 2.17. The lowest BCUT2D eigenvalue weighted by molar-refractivity contribution is -0.119. The molecule has 0 saturated carbocycles. The highest BCUT2D eigenvalue weighted by Gasteiger charge is 2.22. The van der Waals surface area contributed by atoms with Crippen molar-refractivity contribution in [1.29, 1.82) is 0 Å². The number of hydrazone groups is 1. The van der Waals surface area contributed by atoms with Gasteiger partial charge in [-0.05, 0) is 36.2 Å². The molecule has 2 aromatic carbocycles. The van der Waals surface area contributed by atoms with Gasteiger partial charge in [-0.3, -0.25) is 9.10 Å². The summed E-state index contributed by atoms with van der Waals surface area (Å²) in [6.07, 6.45) is 3.11. The van der Waals surface area contributed by atoms with Gasteiger partial charge in [-0.1, -0.05) is 25.1 Å². The summed E-state index contributed by atoms with van der Waals surface area (Å²) in [6.45, 7) is 1.54. The summed E-state index contributed by atoms with van der Waals surface area (Å²) in [4.78, 5) is 12.4. The average molecular weight is 420 g/mol. The molecule has 0 aliphatic heterocycles. The van der Waals surface area contributed by atoms with E-state index in [1.54, 1.807) is 37.4 Å². The highest BCUT2D eigenvalue weighted by Crippen LogP contribution is 2.23. The molecule has 9 heteroatoms. The number of nitrogens with one attached hydrogen (secondary N) is 1. The Bertz CT molecular complexity index is 989. The maximum atomic E-state index is 12.4. The van der Waals surface area contributed by atoms with Crippen LogP contribution in [0.3, 0.4) is 0 Å². The molecule has 0 spiro atoms. The molecule has 0 heterocycles. The molecular weight excluding hydrogens is 394 g/mol. The molecule has 0 bridgehead atoms. The zero-order valence-electron chi connectivity index (χ0n) is 16.9. The van der Waals surface area contributed by atoms with Crippen molar-refractivity contribution < 1.29 is 22.7 Å². The molecule has 2 rings (SSSR count). The summed E-state index contributed by atoms with van der Waals surface area (Å²) in [7, 11) is -0.598. The van der Waals surface area contributed by atoms with Crippen LogP contribution < -0.4 is 19.2 Å². The van der Waals surface area contributed by atoms with Gasteiger partial charge in [-0.15, -0.1) is 0 Å². The van der Waals surface area contributed by atoms with Crippen LogP contribution in [0.2, 0.25) is 0 Å². The molecule has 0 aromatic heterocycles.